The van der Waals surface area contributed by atoms with Gasteiger partial charge in [-0.1, -0.05) is 18.2 Å². The first-order valence-corrected chi connectivity index (χ1v) is 8.54. The van der Waals surface area contributed by atoms with Crippen LogP contribution in [-0.2, 0) is 9.63 Å². The van der Waals surface area contributed by atoms with E-state index in [9.17, 15) is 18.0 Å². The fraction of sp³-hybridized carbons (Fsp3) is 0.562. The Morgan fingerprint density at radius 1 is 1.22 bits per heavy atom. The average Bonchev–Trinajstić information content (AvgIpc) is 2.53. The van der Waals surface area contributed by atoms with E-state index in [4.69, 9.17) is 0 Å². The highest BCUT2D eigenvalue weighted by molar-refractivity contribution is 7.99. The van der Waals surface area contributed by atoms with Crippen molar-refractivity contribution in [2.45, 2.75) is 42.8 Å². The molecule has 2 rings (SSSR count). The second-order valence-electron chi connectivity index (χ2n) is 5.72. The van der Waals surface area contributed by atoms with Crippen molar-refractivity contribution in [3.8, 4) is 0 Å². The summed E-state index contributed by atoms with van der Waals surface area (Å²) in [5.41, 5.74) is 0. The van der Waals surface area contributed by atoms with Crippen molar-refractivity contribution in [3.63, 3.8) is 0 Å². The molecule has 1 aromatic carbocycles. The van der Waals surface area contributed by atoms with Gasteiger partial charge < -0.3 is 4.84 Å². The lowest BCUT2D eigenvalue weighted by Crippen LogP contribution is -2.40. The summed E-state index contributed by atoms with van der Waals surface area (Å²) >= 11 is 1.80. The zero-order chi connectivity index (χ0) is 16.9. The van der Waals surface area contributed by atoms with Crippen LogP contribution in [0.1, 0.15) is 25.7 Å². The molecule has 128 valence electrons. The van der Waals surface area contributed by atoms with Crippen LogP contribution in [0, 0.1) is 5.92 Å². The van der Waals surface area contributed by atoms with Crippen LogP contribution in [0.2, 0.25) is 0 Å². The largest absolute Gasteiger partial charge is 0.492 e. The number of carbonyl (C=O) groups excluding carboxylic acids is 1. The SMILES string of the molecule is CN(OC(=O)C(F)(F)F)C1CCC(CSc2ccccc2)CC1. The Hall–Kier alpha value is -1.21. The first kappa shape index (κ1) is 18.1. The molecule has 0 atom stereocenters. The van der Waals surface area contributed by atoms with Crippen molar-refractivity contribution in [1.82, 2.24) is 5.06 Å². The van der Waals surface area contributed by atoms with Gasteiger partial charge in [0.15, 0.2) is 0 Å². The second kappa shape index (κ2) is 8.06. The molecule has 1 aromatic rings. The summed E-state index contributed by atoms with van der Waals surface area (Å²) in [6.07, 6.45) is -1.61. The van der Waals surface area contributed by atoms with Gasteiger partial charge in [0.1, 0.15) is 0 Å². The Labute approximate surface area is 138 Å². The molecular weight excluding hydrogens is 327 g/mol. The van der Waals surface area contributed by atoms with Gasteiger partial charge in [0, 0.05) is 23.7 Å². The standard InChI is InChI=1S/C16H20F3NO2S/c1-20(22-15(21)16(17,18)19)13-9-7-12(8-10-13)11-23-14-5-3-2-4-6-14/h2-6,12-13H,7-11H2,1H3. The molecule has 23 heavy (non-hydrogen) atoms. The molecule has 0 unspecified atom stereocenters. The summed E-state index contributed by atoms with van der Waals surface area (Å²) < 4.78 is 36.6. The minimum Gasteiger partial charge on any atom is -0.361 e. The molecule has 0 saturated heterocycles. The van der Waals surface area contributed by atoms with Gasteiger partial charge in [0.05, 0.1) is 0 Å². The van der Waals surface area contributed by atoms with Crippen molar-refractivity contribution < 1.29 is 22.8 Å². The van der Waals surface area contributed by atoms with Gasteiger partial charge in [-0.25, -0.2) is 4.79 Å². The minimum atomic E-state index is -4.95. The van der Waals surface area contributed by atoms with Crippen molar-refractivity contribution in [2.75, 3.05) is 12.8 Å². The van der Waals surface area contributed by atoms with E-state index in [1.54, 1.807) is 11.8 Å². The normalized spacial score (nSPS) is 22.1. The fourth-order valence-electron chi connectivity index (χ4n) is 2.66. The Balaban J connectivity index is 1.72. The summed E-state index contributed by atoms with van der Waals surface area (Å²) in [6, 6.07) is 9.99. The number of halogens is 3. The number of hydrogen-bond acceptors (Lipinski definition) is 4. The molecule has 0 radical (unpaired) electrons. The molecule has 0 heterocycles. The first-order chi connectivity index (χ1) is 10.9. The van der Waals surface area contributed by atoms with E-state index in [1.807, 2.05) is 18.2 Å². The number of nitrogens with zero attached hydrogens (tertiary/aromatic N) is 1. The molecular formula is C16H20F3NO2S. The summed E-state index contributed by atoms with van der Waals surface area (Å²) in [6.45, 7) is 0. The number of rotatable bonds is 5. The maximum absolute atomic E-state index is 12.2. The molecule has 0 amide bonds. The van der Waals surface area contributed by atoms with Gasteiger partial charge >= 0.3 is 12.1 Å². The van der Waals surface area contributed by atoms with Gasteiger partial charge in [-0.2, -0.15) is 13.2 Å². The van der Waals surface area contributed by atoms with Gasteiger partial charge in [-0.05, 0) is 43.7 Å². The number of thioether (sulfide) groups is 1. The highest BCUT2D eigenvalue weighted by atomic mass is 32.2. The van der Waals surface area contributed by atoms with Crippen molar-refractivity contribution >= 4 is 17.7 Å². The Morgan fingerprint density at radius 3 is 2.39 bits per heavy atom. The molecule has 1 fully saturated rings. The molecule has 1 aliphatic rings. The van der Waals surface area contributed by atoms with Gasteiger partial charge in [-0.15, -0.1) is 16.8 Å². The highest BCUT2D eigenvalue weighted by Gasteiger charge is 2.43. The van der Waals surface area contributed by atoms with Crippen LogP contribution in [0.3, 0.4) is 0 Å². The molecule has 3 nitrogen and oxygen atoms in total. The summed E-state index contributed by atoms with van der Waals surface area (Å²) in [5.74, 6) is -0.604. The van der Waals surface area contributed by atoms with Crippen LogP contribution in [-0.4, -0.2) is 36.1 Å². The van der Waals surface area contributed by atoms with Crippen molar-refractivity contribution in [2.24, 2.45) is 5.92 Å². The third kappa shape index (κ3) is 5.73. The van der Waals surface area contributed by atoms with Gasteiger partial charge in [-0.3, -0.25) is 0 Å². The zero-order valence-electron chi connectivity index (χ0n) is 12.9. The summed E-state index contributed by atoms with van der Waals surface area (Å²) in [5, 5.41) is 1.07. The third-order valence-electron chi connectivity index (χ3n) is 4.02. The van der Waals surface area contributed by atoms with Crippen LogP contribution in [0.15, 0.2) is 35.2 Å². The van der Waals surface area contributed by atoms with E-state index in [-0.39, 0.29) is 6.04 Å². The molecule has 1 saturated carbocycles. The van der Waals surface area contributed by atoms with Crippen LogP contribution in [0.5, 0.6) is 0 Å². The fourth-order valence-corrected chi connectivity index (χ4v) is 3.77. The van der Waals surface area contributed by atoms with Crippen LogP contribution >= 0.6 is 11.8 Å². The van der Waals surface area contributed by atoms with E-state index < -0.39 is 12.1 Å². The first-order valence-electron chi connectivity index (χ1n) is 7.56. The van der Waals surface area contributed by atoms with Crippen molar-refractivity contribution in [1.29, 1.82) is 0 Å². The number of hydroxylamine groups is 2. The maximum atomic E-state index is 12.2. The molecule has 0 aromatic heterocycles. The lowest BCUT2D eigenvalue weighted by Gasteiger charge is -2.33. The molecule has 0 bridgehead atoms. The van der Waals surface area contributed by atoms with Gasteiger partial charge in [0.2, 0.25) is 0 Å². The lowest BCUT2D eigenvalue weighted by atomic mass is 9.87. The summed E-state index contributed by atoms with van der Waals surface area (Å²) in [7, 11) is 1.40. The number of carbonyl (C=O) groups is 1. The quantitative estimate of drug-likeness (QED) is 0.587. The van der Waals surface area contributed by atoms with E-state index in [2.05, 4.69) is 17.0 Å². The second-order valence-corrected chi connectivity index (χ2v) is 6.81. The van der Waals surface area contributed by atoms with E-state index in [1.165, 1.54) is 11.9 Å². The molecule has 0 N–H and O–H groups in total. The van der Waals surface area contributed by atoms with E-state index >= 15 is 0 Å². The number of hydrogen-bond donors (Lipinski definition) is 0. The average molecular weight is 347 g/mol. The van der Waals surface area contributed by atoms with Crippen LogP contribution < -0.4 is 0 Å². The number of alkyl halides is 3. The number of benzene rings is 1. The molecule has 0 spiro atoms. The topological polar surface area (TPSA) is 29.5 Å². The monoisotopic (exact) mass is 347 g/mol. The third-order valence-corrected chi connectivity index (χ3v) is 5.26. The predicted octanol–water partition coefficient (Wildman–Crippen LogP) is 4.29. The predicted molar refractivity (Wildman–Crippen MR) is 82.8 cm³/mol. The summed E-state index contributed by atoms with van der Waals surface area (Å²) in [4.78, 5) is 16.5. The smallest absolute Gasteiger partial charge is 0.361 e. The highest BCUT2D eigenvalue weighted by Crippen LogP contribution is 2.32. The van der Waals surface area contributed by atoms with Crippen LogP contribution in [0.4, 0.5) is 13.2 Å². The Kier molecular flexibility index (Phi) is 6.35. The molecule has 0 aliphatic heterocycles. The van der Waals surface area contributed by atoms with E-state index in [0.717, 1.165) is 36.5 Å². The van der Waals surface area contributed by atoms with Gasteiger partial charge in [0.25, 0.3) is 0 Å². The lowest BCUT2D eigenvalue weighted by molar-refractivity contribution is -0.242. The van der Waals surface area contributed by atoms with Crippen molar-refractivity contribution in [3.05, 3.63) is 30.3 Å². The molecule has 1 aliphatic carbocycles. The minimum absolute atomic E-state index is 0.140. The Bertz CT molecular complexity index is 502. The zero-order valence-corrected chi connectivity index (χ0v) is 13.7. The van der Waals surface area contributed by atoms with Crippen LogP contribution in [0.25, 0.3) is 0 Å². The molecule has 7 heteroatoms. The Morgan fingerprint density at radius 2 is 1.83 bits per heavy atom. The van der Waals surface area contributed by atoms with E-state index in [0.29, 0.717) is 5.92 Å². The maximum Gasteiger partial charge on any atom is 0.492 e.